The van der Waals surface area contributed by atoms with E-state index in [9.17, 15) is 14.4 Å². The molecule has 9 nitrogen and oxygen atoms in total. The van der Waals surface area contributed by atoms with Crippen molar-refractivity contribution in [3.8, 4) is 5.69 Å². The zero-order valence-corrected chi connectivity index (χ0v) is 15.9. The first-order valence-electron chi connectivity index (χ1n) is 8.87. The molecule has 1 N–H and O–H groups in total. The molecule has 1 amide bonds. The molecule has 0 aliphatic rings. The summed E-state index contributed by atoms with van der Waals surface area (Å²) in [7, 11) is 3.17. The molecule has 0 saturated carbocycles. The lowest BCUT2D eigenvalue weighted by molar-refractivity contribution is 0.0785. The molecule has 0 radical (unpaired) electrons. The Balaban J connectivity index is 1.58. The standard InChI is InChI=1S/C20H18N6O3/c1-24(11-13-9-22-26(12-13)15-6-4-3-5-7-15)19(28)14-8-16-17(21-10-14)25(2)20(29)23-18(16)27/h3-10,12H,11H2,1-2H3,(H,23,27,29). The topological polar surface area (TPSA) is 106 Å². The van der Waals surface area contributed by atoms with E-state index in [-0.39, 0.29) is 22.5 Å². The number of para-hydroxylation sites is 1. The van der Waals surface area contributed by atoms with Crippen LogP contribution in [0.4, 0.5) is 0 Å². The molecule has 9 heteroatoms. The van der Waals surface area contributed by atoms with Crippen LogP contribution in [0, 0.1) is 0 Å². The maximum atomic E-state index is 12.8. The lowest BCUT2D eigenvalue weighted by Gasteiger charge is -2.16. The third-order valence-corrected chi connectivity index (χ3v) is 4.62. The lowest BCUT2D eigenvalue weighted by atomic mass is 10.2. The fraction of sp³-hybridized carbons (Fsp3) is 0.150. The number of amides is 1. The van der Waals surface area contributed by atoms with E-state index in [1.165, 1.54) is 28.8 Å². The zero-order valence-electron chi connectivity index (χ0n) is 15.9. The second kappa shape index (κ2) is 7.19. The number of carbonyl (C=O) groups excluding carboxylic acids is 1. The highest BCUT2D eigenvalue weighted by Crippen LogP contribution is 2.13. The van der Waals surface area contributed by atoms with Crippen LogP contribution >= 0.6 is 0 Å². The van der Waals surface area contributed by atoms with Crippen molar-refractivity contribution < 1.29 is 4.79 Å². The van der Waals surface area contributed by atoms with Gasteiger partial charge in [-0.15, -0.1) is 0 Å². The van der Waals surface area contributed by atoms with Crippen molar-refractivity contribution in [3.63, 3.8) is 0 Å². The van der Waals surface area contributed by atoms with Crippen LogP contribution in [0.15, 0.2) is 64.6 Å². The van der Waals surface area contributed by atoms with Crippen molar-refractivity contribution in [1.82, 2.24) is 29.2 Å². The Morgan fingerprint density at radius 2 is 1.93 bits per heavy atom. The molecular weight excluding hydrogens is 372 g/mol. The van der Waals surface area contributed by atoms with Gasteiger partial charge < -0.3 is 4.90 Å². The Kier molecular flexibility index (Phi) is 4.55. The predicted octanol–water partition coefficient (Wildman–Crippen LogP) is 1.08. The number of H-pyrrole nitrogens is 1. The fourth-order valence-corrected chi connectivity index (χ4v) is 3.08. The number of hydrogen-bond donors (Lipinski definition) is 1. The number of aromatic nitrogens is 5. The van der Waals surface area contributed by atoms with Gasteiger partial charge in [-0.1, -0.05) is 18.2 Å². The third-order valence-electron chi connectivity index (χ3n) is 4.62. The van der Waals surface area contributed by atoms with Gasteiger partial charge in [-0.05, 0) is 18.2 Å². The molecule has 0 saturated heterocycles. The number of nitrogens with zero attached hydrogens (tertiary/aromatic N) is 5. The first-order chi connectivity index (χ1) is 13.9. The minimum atomic E-state index is -0.572. The summed E-state index contributed by atoms with van der Waals surface area (Å²) in [5.41, 5.74) is 1.15. The Bertz CT molecular complexity index is 1320. The van der Waals surface area contributed by atoms with Crippen LogP contribution in [-0.2, 0) is 13.6 Å². The number of rotatable bonds is 4. The smallest absolute Gasteiger partial charge is 0.329 e. The van der Waals surface area contributed by atoms with Gasteiger partial charge in [0.2, 0.25) is 0 Å². The molecule has 0 fully saturated rings. The molecule has 4 aromatic rings. The van der Waals surface area contributed by atoms with E-state index in [2.05, 4.69) is 15.1 Å². The van der Waals surface area contributed by atoms with Crippen LogP contribution in [0.3, 0.4) is 0 Å². The number of carbonyl (C=O) groups is 1. The van der Waals surface area contributed by atoms with Gasteiger partial charge in [0.1, 0.15) is 5.65 Å². The highest BCUT2D eigenvalue weighted by atomic mass is 16.2. The van der Waals surface area contributed by atoms with Gasteiger partial charge in [0.25, 0.3) is 11.5 Å². The number of nitrogens with one attached hydrogen (secondary N) is 1. The van der Waals surface area contributed by atoms with Crippen LogP contribution in [0.1, 0.15) is 15.9 Å². The van der Waals surface area contributed by atoms with E-state index in [0.717, 1.165) is 11.3 Å². The first kappa shape index (κ1) is 18.4. The zero-order chi connectivity index (χ0) is 20.5. The Morgan fingerprint density at radius 3 is 2.69 bits per heavy atom. The normalized spacial score (nSPS) is 11.0. The van der Waals surface area contributed by atoms with Gasteiger partial charge in [-0.25, -0.2) is 14.5 Å². The monoisotopic (exact) mass is 390 g/mol. The minimum Gasteiger partial charge on any atom is -0.337 e. The molecule has 0 spiro atoms. The summed E-state index contributed by atoms with van der Waals surface area (Å²) in [5, 5.41) is 4.51. The van der Waals surface area contributed by atoms with Crippen molar-refractivity contribution in [2.75, 3.05) is 7.05 Å². The molecule has 1 aromatic carbocycles. The van der Waals surface area contributed by atoms with E-state index >= 15 is 0 Å². The molecule has 0 unspecified atom stereocenters. The number of benzene rings is 1. The van der Waals surface area contributed by atoms with E-state index < -0.39 is 11.2 Å². The summed E-state index contributed by atoms with van der Waals surface area (Å²) < 4.78 is 2.97. The summed E-state index contributed by atoms with van der Waals surface area (Å²) in [5.74, 6) is -0.292. The van der Waals surface area contributed by atoms with Crippen LogP contribution < -0.4 is 11.2 Å². The van der Waals surface area contributed by atoms with Gasteiger partial charge in [0, 0.05) is 38.6 Å². The number of pyridine rings is 1. The van der Waals surface area contributed by atoms with Crippen molar-refractivity contribution in [1.29, 1.82) is 0 Å². The molecule has 4 rings (SSSR count). The largest absolute Gasteiger partial charge is 0.337 e. The molecular formula is C20H18N6O3. The van der Waals surface area contributed by atoms with Crippen molar-refractivity contribution in [3.05, 3.63) is 87.0 Å². The molecule has 0 bridgehead atoms. The van der Waals surface area contributed by atoms with E-state index in [1.807, 2.05) is 36.5 Å². The number of aromatic amines is 1. The molecule has 29 heavy (non-hydrogen) atoms. The number of hydrogen-bond acceptors (Lipinski definition) is 5. The summed E-state index contributed by atoms with van der Waals surface area (Å²) >= 11 is 0. The Morgan fingerprint density at radius 1 is 1.17 bits per heavy atom. The van der Waals surface area contributed by atoms with Crippen LogP contribution in [0.5, 0.6) is 0 Å². The molecule has 3 heterocycles. The van der Waals surface area contributed by atoms with E-state index in [0.29, 0.717) is 6.54 Å². The number of fused-ring (bicyclic) bond motifs is 1. The summed E-state index contributed by atoms with van der Waals surface area (Å²) in [4.78, 5) is 44.4. The van der Waals surface area contributed by atoms with Gasteiger partial charge in [0.05, 0.1) is 22.8 Å². The molecule has 146 valence electrons. The average Bonchev–Trinajstić information content (AvgIpc) is 3.20. The van der Waals surface area contributed by atoms with E-state index in [1.54, 1.807) is 17.9 Å². The minimum absolute atomic E-state index is 0.184. The lowest BCUT2D eigenvalue weighted by Crippen LogP contribution is -2.30. The van der Waals surface area contributed by atoms with Crippen molar-refractivity contribution in [2.24, 2.45) is 7.05 Å². The van der Waals surface area contributed by atoms with Crippen LogP contribution in [0.25, 0.3) is 16.7 Å². The third kappa shape index (κ3) is 3.45. The molecule has 0 aliphatic heterocycles. The van der Waals surface area contributed by atoms with Gasteiger partial charge in [-0.3, -0.25) is 19.1 Å². The maximum absolute atomic E-state index is 12.8. The summed E-state index contributed by atoms with van der Waals surface area (Å²) in [6.07, 6.45) is 4.93. The Labute approximate surface area is 164 Å². The molecule has 0 aliphatic carbocycles. The maximum Gasteiger partial charge on any atom is 0.329 e. The van der Waals surface area contributed by atoms with Crippen molar-refractivity contribution >= 4 is 16.9 Å². The first-order valence-corrected chi connectivity index (χ1v) is 8.87. The highest BCUT2D eigenvalue weighted by molar-refractivity contribution is 5.96. The van der Waals surface area contributed by atoms with Crippen molar-refractivity contribution in [2.45, 2.75) is 6.54 Å². The quantitative estimate of drug-likeness (QED) is 0.561. The summed E-state index contributed by atoms with van der Waals surface area (Å²) in [6.45, 7) is 0.341. The van der Waals surface area contributed by atoms with Gasteiger partial charge >= 0.3 is 5.69 Å². The van der Waals surface area contributed by atoms with Crippen LogP contribution in [-0.4, -0.2) is 42.2 Å². The predicted molar refractivity (Wildman–Crippen MR) is 107 cm³/mol. The number of aryl methyl sites for hydroxylation is 1. The van der Waals surface area contributed by atoms with Crippen LogP contribution in [0.2, 0.25) is 0 Å². The van der Waals surface area contributed by atoms with Gasteiger partial charge in [0.15, 0.2) is 0 Å². The molecule has 3 aromatic heterocycles. The average molecular weight is 390 g/mol. The fourth-order valence-electron chi connectivity index (χ4n) is 3.08. The summed E-state index contributed by atoms with van der Waals surface area (Å²) in [6, 6.07) is 11.1. The Hall–Kier alpha value is -4.01. The second-order valence-corrected chi connectivity index (χ2v) is 6.70. The second-order valence-electron chi connectivity index (χ2n) is 6.70. The highest BCUT2D eigenvalue weighted by Gasteiger charge is 2.16. The molecule has 0 atom stereocenters. The van der Waals surface area contributed by atoms with Gasteiger partial charge in [-0.2, -0.15) is 5.10 Å². The SMILES string of the molecule is CN(Cc1cnn(-c2ccccc2)c1)C(=O)c1cnc2c(c1)c(=O)[nH]c(=O)n2C. The van der Waals surface area contributed by atoms with E-state index in [4.69, 9.17) is 0 Å².